The molecule has 0 amide bonds. The van der Waals surface area contributed by atoms with E-state index in [0.717, 1.165) is 18.2 Å². The molecule has 4 heteroatoms. The van der Waals surface area contributed by atoms with Crippen LogP contribution in [0, 0.1) is 0 Å². The molecule has 0 nitrogen and oxygen atoms in total. The number of rotatable bonds is 4. The Bertz CT molecular complexity index is 89.7. The molecule has 10 heavy (non-hydrogen) atoms. The third kappa shape index (κ3) is 6.62. The van der Waals surface area contributed by atoms with Crippen LogP contribution in [0.4, 0.5) is 0 Å². The second-order valence-electron chi connectivity index (χ2n) is 2.28. The van der Waals surface area contributed by atoms with E-state index in [1.807, 2.05) is 0 Å². The van der Waals surface area contributed by atoms with Crippen LogP contribution in [0.1, 0.15) is 19.8 Å². The van der Waals surface area contributed by atoms with Crippen LogP contribution in [0.25, 0.3) is 0 Å². The standard InChI is InChI=1S/C6H10Br4/c1-5(8)4-6(9,10)2-3-7/h5H,2-4H2,1H3. The first kappa shape index (κ1) is 11.9. The minimum atomic E-state index is 0.104. The van der Waals surface area contributed by atoms with Crippen LogP contribution in [0.3, 0.4) is 0 Å². The van der Waals surface area contributed by atoms with Crippen LogP contribution >= 0.6 is 63.7 Å². The van der Waals surface area contributed by atoms with Gasteiger partial charge in [-0.25, -0.2) is 0 Å². The van der Waals surface area contributed by atoms with Crippen LogP contribution in [0.2, 0.25) is 0 Å². The van der Waals surface area contributed by atoms with Gasteiger partial charge in [-0.3, -0.25) is 0 Å². The van der Waals surface area contributed by atoms with Crippen molar-refractivity contribution in [1.29, 1.82) is 0 Å². The van der Waals surface area contributed by atoms with Crippen LogP contribution < -0.4 is 0 Å². The van der Waals surface area contributed by atoms with Crippen molar-refractivity contribution >= 4 is 63.7 Å². The van der Waals surface area contributed by atoms with Crippen molar-refractivity contribution in [3.63, 3.8) is 0 Å². The summed E-state index contributed by atoms with van der Waals surface area (Å²) in [7, 11) is 0. The average Bonchev–Trinajstić information content (AvgIpc) is 1.59. The van der Waals surface area contributed by atoms with Gasteiger partial charge < -0.3 is 0 Å². The lowest BCUT2D eigenvalue weighted by atomic mass is 10.2. The largest absolute Gasteiger partial charge is 0.0927 e. The summed E-state index contributed by atoms with van der Waals surface area (Å²) in [6, 6.07) is 0. The van der Waals surface area contributed by atoms with Gasteiger partial charge in [-0.1, -0.05) is 70.6 Å². The molecule has 0 aromatic heterocycles. The zero-order valence-electron chi connectivity index (χ0n) is 5.71. The van der Waals surface area contributed by atoms with Gasteiger partial charge in [0.15, 0.2) is 0 Å². The Morgan fingerprint density at radius 1 is 1.40 bits per heavy atom. The molecule has 0 bridgehead atoms. The summed E-state index contributed by atoms with van der Waals surface area (Å²) in [5, 5.41) is 1.02. The topological polar surface area (TPSA) is 0 Å². The highest BCUT2D eigenvalue weighted by Gasteiger charge is 2.23. The third-order valence-electron chi connectivity index (χ3n) is 1.04. The van der Waals surface area contributed by atoms with Crippen molar-refractivity contribution in [2.45, 2.75) is 27.8 Å². The smallest absolute Gasteiger partial charge is 0.0824 e. The molecule has 0 spiro atoms. The van der Waals surface area contributed by atoms with E-state index in [2.05, 4.69) is 70.6 Å². The predicted molar refractivity (Wildman–Crippen MR) is 62.0 cm³/mol. The summed E-state index contributed by atoms with van der Waals surface area (Å²) in [6.45, 7) is 2.14. The number of hydrogen-bond acceptors (Lipinski definition) is 0. The van der Waals surface area contributed by atoms with Gasteiger partial charge in [0.25, 0.3) is 0 Å². The summed E-state index contributed by atoms with van der Waals surface area (Å²) in [5.41, 5.74) is 0. The molecule has 0 aromatic rings. The van der Waals surface area contributed by atoms with E-state index in [9.17, 15) is 0 Å². The molecule has 0 aliphatic rings. The van der Waals surface area contributed by atoms with Crippen LogP contribution in [0.5, 0.6) is 0 Å². The van der Waals surface area contributed by atoms with Crippen LogP contribution in [0.15, 0.2) is 0 Å². The van der Waals surface area contributed by atoms with E-state index in [4.69, 9.17) is 0 Å². The van der Waals surface area contributed by atoms with E-state index in [1.54, 1.807) is 0 Å². The fourth-order valence-electron chi connectivity index (χ4n) is 0.652. The van der Waals surface area contributed by atoms with Crippen molar-refractivity contribution in [3.8, 4) is 0 Å². The summed E-state index contributed by atoms with van der Waals surface area (Å²) >= 11 is 14.1. The van der Waals surface area contributed by atoms with Gasteiger partial charge in [-0.15, -0.1) is 0 Å². The van der Waals surface area contributed by atoms with Gasteiger partial charge in [0.05, 0.1) is 3.23 Å². The van der Waals surface area contributed by atoms with Gasteiger partial charge >= 0.3 is 0 Å². The van der Waals surface area contributed by atoms with E-state index in [-0.39, 0.29) is 3.23 Å². The lowest BCUT2D eigenvalue weighted by Gasteiger charge is -2.20. The van der Waals surface area contributed by atoms with Gasteiger partial charge in [0.1, 0.15) is 0 Å². The van der Waals surface area contributed by atoms with Crippen molar-refractivity contribution < 1.29 is 0 Å². The second kappa shape index (κ2) is 5.55. The Hall–Kier alpha value is 1.92. The molecule has 1 unspecified atom stereocenters. The Labute approximate surface area is 96.0 Å². The van der Waals surface area contributed by atoms with Gasteiger partial charge in [-0.2, -0.15) is 0 Å². The molecule has 1 atom stereocenters. The molecule has 0 aliphatic carbocycles. The lowest BCUT2D eigenvalue weighted by molar-refractivity contribution is 0.722. The molecule has 0 aliphatic heterocycles. The Morgan fingerprint density at radius 2 is 1.90 bits per heavy atom. The molecule has 0 saturated heterocycles. The number of halogens is 4. The first-order valence-corrected chi connectivity index (χ1v) is 6.68. The highest BCUT2D eigenvalue weighted by molar-refractivity contribution is 9.25. The Kier molecular flexibility index (Phi) is 6.61. The summed E-state index contributed by atoms with van der Waals surface area (Å²) in [4.78, 5) is 0.547. The van der Waals surface area contributed by atoms with Crippen molar-refractivity contribution in [3.05, 3.63) is 0 Å². The quantitative estimate of drug-likeness (QED) is 0.611. The van der Waals surface area contributed by atoms with E-state index in [1.165, 1.54) is 0 Å². The molecular weight excluding hydrogens is 392 g/mol. The summed E-state index contributed by atoms with van der Waals surface area (Å²) < 4.78 is 0.104. The first-order chi connectivity index (χ1) is 4.48. The molecule has 0 saturated carbocycles. The third-order valence-corrected chi connectivity index (χ3v) is 3.20. The van der Waals surface area contributed by atoms with E-state index < -0.39 is 0 Å². The minimum Gasteiger partial charge on any atom is -0.0927 e. The normalized spacial score (nSPS) is 15.3. The molecule has 0 fully saturated rings. The first-order valence-electron chi connectivity index (χ1n) is 3.06. The molecule has 0 N–H and O–H groups in total. The molecular formula is C6H10Br4. The van der Waals surface area contributed by atoms with Crippen LogP contribution in [-0.2, 0) is 0 Å². The Balaban J connectivity index is 3.63. The second-order valence-corrected chi connectivity index (χ2v) is 8.74. The van der Waals surface area contributed by atoms with Crippen molar-refractivity contribution in [2.24, 2.45) is 0 Å². The van der Waals surface area contributed by atoms with Gasteiger partial charge in [0, 0.05) is 10.2 Å². The van der Waals surface area contributed by atoms with Gasteiger partial charge in [-0.05, 0) is 12.8 Å². The molecule has 0 aromatic carbocycles. The molecule has 62 valence electrons. The summed E-state index contributed by atoms with van der Waals surface area (Å²) in [5.74, 6) is 0. The number of hydrogen-bond donors (Lipinski definition) is 0. The SMILES string of the molecule is CC(Br)CC(Br)(Br)CCBr. The van der Waals surface area contributed by atoms with E-state index >= 15 is 0 Å². The predicted octanol–water partition coefficient (Wildman–Crippen LogP) is 4.43. The monoisotopic (exact) mass is 398 g/mol. The molecule has 0 heterocycles. The van der Waals surface area contributed by atoms with E-state index in [0.29, 0.717) is 4.83 Å². The average molecular weight is 402 g/mol. The Morgan fingerprint density at radius 3 is 2.20 bits per heavy atom. The number of alkyl halides is 4. The van der Waals surface area contributed by atoms with Crippen LogP contribution in [-0.4, -0.2) is 13.4 Å². The maximum absolute atomic E-state index is 3.60. The summed E-state index contributed by atoms with van der Waals surface area (Å²) in [6.07, 6.45) is 2.17. The minimum absolute atomic E-state index is 0.104. The zero-order valence-corrected chi connectivity index (χ0v) is 12.1. The molecule has 0 radical (unpaired) electrons. The fourth-order valence-corrected chi connectivity index (χ4v) is 5.18. The van der Waals surface area contributed by atoms with Crippen molar-refractivity contribution in [1.82, 2.24) is 0 Å². The lowest BCUT2D eigenvalue weighted by Crippen LogP contribution is -2.15. The van der Waals surface area contributed by atoms with Crippen molar-refractivity contribution in [2.75, 3.05) is 5.33 Å². The maximum Gasteiger partial charge on any atom is 0.0824 e. The molecule has 0 rings (SSSR count). The fraction of sp³-hybridized carbons (Fsp3) is 1.00. The maximum atomic E-state index is 3.60. The zero-order chi connectivity index (χ0) is 8.20. The highest BCUT2D eigenvalue weighted by Crippen LogP contribution is 2.37. The highest BCUT2D eigenvalue weighted by atomic mass is 79.9. The van der Waals surface area contributed by atoms with Gasteiger partial charge in [0.2, 0.25) is 0 Å².